The van der Waals surface area contributed by atoms with Gasteiger partial charge in [-0.2, -0.15) is 0 Å². The Kier molecular flexibility index (Phi) is 6.68. The number of nitrogens with one attached hydrogen (secondary N) is 1. The summed E-state index contributed by atoms with van der Waals surface area (Å²) in [5.41, 5.74) is 1.03. The summed E-state index contributed by atoms with van der Waals surface area (Å²) < 4.78 is 14.4. The zero-order chi connectivity index (χ0) is 20.7. The molecule has 0 spiro atoms. The van der Waals surface area contributed by atoms with Crippen LogP contribution in [0.4, 0.5) is 11.5 Å². The average molecular weight is 391 g/mol. The van der Waals surface area contributed by atoms with Crippen molar-refractivity contribution in [3.05, 3.63) is 51.7 Å². The maximum absolute atomic E-state index is 11.4. The molecule has 11 heteroatoms. The number of hydrogen-bond donors (Lipinski definition) is 2. The minimum Gasteiger partial charge on any atom is -0.500 e. The third-order valence-electron chi connectivity index (χ3n) is 3.57. The molecule has 1 aliphatic rings. The first-order valence-corrected chi connectivity index (χ1v) is 7.89. The number of carbonyl (C=O) groups excluding carboxylic acids is 2. The van der Waals surface area contributed by atoms with E-state index in [1.54, 1.807) is 12.1 Å². The van der Waals surface area contributed by atoms with Gasteiger partial charge in [0.05, 0.1) is 19.9 Å². The predicted octanol–water partition coefficient (Wildman–Crippen LogP) is 1.76. The van der Waals surface area contributed by atoms with E-state index in [4.69, 9.17) is 4.74 Å². The third-order valence-corrected chi connectivity index (χ3v) is 3.57. The standard InChI is InChI=1S/C10H11NO3.C7H6N2O5/c1-13-10(12)7-3-2-4-8-9(7)14-6-5-11-8;1-14-7(11)4-2-3-8-6(5(4)10)9(12)13/h2-4,11H,5-6H2,1H3;2-3,10H,1H3. The molecule has 2 heterocycles. The van der Waals surface area contributed by atoms with Crippen molar-refractivity contribution in [3.8, 4) is 11.5 Å². The lowest BCUT2D eigenvalue weighted by molar-refractivity contribution is -0.390. The molecule has 0 saturated carbocycles. The summed E-state index contributed by atoms with van der Waals surface area (Å²) in [7, 11) is 2.46. The molecule has 0 unspecified atom stereocenters. The Labute approximate surface area is 159 Å². The maximum atomic E-state index is 11.4. The third kappa shape index (κ3) is 4.44. The highest BCUT2D eigenvalue weighted by molar-refractivity contribution is 5.95. The number of ether oxygens (including phenoxy) is 3. The lowest BCUT2D eigenvalue weighted by Gasteiger charge is -2.20. The van der Waals surface area contributed by atoms with Crippen LogP contribution in [0, 0.1) is 10.1 Å². The number of esters is 2. The van der Waals surface area contributed by atoms with E-state index < -0.39 is 22.5 Å². The Morgan fingerprint density at radius 3 is 2.54 bits per heavy atom. The molecule has 0 saturated heterocycles. The number of benzene rings is 1. The minimum absolute atomic E-state index is 0.283. The quantitative estimate of drug-likeness (QED) is 0.450. The molecule has 1 aliphatic heterocycles. The van der Waals surface area contributed by atoms with Gasteiger partial charge in [0.2, 0.25) is 5.75 Å². The highest BCUT2D eigenvalue weighted by atomic mass is 16.6. The van der Waals surface area contributed by atoms with Gasteiger partial charge in [-0.25, -0.2) is 9.59 Å². The Hall–Kier alpha value is -3.89. The first kappa shape index (κ1) is 20.4. The fraction of sp³-hybridized carbons (Fsp3) is 0.235. The summed E-state index contributed by atoms with van der Waals surface area (Å²) in [6, 6.07) is 6.50. The molecule has 2 aromatic rings. The van der Waals surface area contributed by atoms with E-state index in [9.17, 15) is 24.8 Å². The first-order valence-electron chi connectivity index (χ1n) is 7.89. The SMILES string of the molecule is COC(=O)c1cccc2c1OCCN2.COC(=O)c1ccnc([N+](=O)[O-])c1O. The van der Waals surface area contributed by atoms with Gasteiger partial charge in [0.15, 0.2) is 5.75 Å². The van der Waals surface area contributed by atoms with Gasteiger partial charge < -0.3 is 34.7 Å². The lowest BCUT2D eigenvalue weighted by atomic mass is 10.1. The molecule has 11 nitrogen and oxygen atoms in total. The van der Waals surface area contributed by atoms with Gasteiger partial charge in [-0.1, -0.05) is 6.07 Å². The minimum atomic E-state index is -0.887. The molecule has 0 radical (unpaired) electrons. The summed E-state index contributed by atoms with van der Waals surface area (Å²) in [6.45, 7) is 1.33. The Morgan fingerprint density at radius 2 is 1.89 bits per heavy atom. The van der Waals surface area contributed by atoms with Crippen molar-refractivity contribution >= 4 is 23.4 Å². The largest absolute Gasteiger partial charge is 0.500 e. The number of aromatic nitrogens is 1. The monoisotopic (exact) mass is 391 g/mol. The van der Waals surface area contributed by atoms with E-state index >= 15 is 0 Å². The number of methoxy groups -OCH3 is 2. The summed E-state index contributed by atoms with van der Waals surface area (Å²) in [5.74, 6) is -2.19. The van der Waals surface area contributed by atoms with Gasteiger partial charge in [0, 0.05) is 12.6 Å². The van der Waals surface area contributed by atoms with Crippen LogP contribution >= 0.6 is 0 Å². The molecule has 28 heavy (non-hydrogen) atoms. The Balaban J connectivity index is 0.000000200. The second-order valence-corrected chi connectivity index (χ2v) is 5.23. The van der Waals surface area contributed by atoms with Gasteiger partial charge in [0.1, 0.15) is 23.9 Å². The van der Waals surface area contributed by atoms with Crippen molar-refractivity contribution in [2.45, 2.75) is 0 Å². The predicted molar refractivity (Wildman–Crippen MR) is 95.7 cm³/mol. The molecule has 0 bridgehead atoms. The number of anilines is 1. The lowest BCUT2D eigenvalue weighted by Crippen LogP contribution is -2.20. The number of hydrogen-bond acceptors (Lipinski definition) is 10. The van der Waals surface area contributed by atoms with E-state index in [1.807, 2.05) is 6.07 Å². The number of carbonyl (C=O) groups is 2. The smallest absolute Gasteiger partial charge is 0.406 e. The van der Waals surface area contributed by atoms with Gasteiger partial charge >= 0.3 is 17.8 Å². The van der Waals surface area contributed by atoms with Crippen molar-refractivity contribution in [1.29, 1.82) is 0 Å². The van der Waals surface area contributed by atoms with Gasteiger partial charge in [-0.05, 0) is 22.0 Å². The van der Waals surface area contributed by atoms with Crippen LogP contribution in [-0.4, -0.2) is 54.3 Å². The van der Waals surface area contributed by atoms with Crippen LogP contribution in [0.2, 0.25) is 0 Å². The number of aromatic hydroxyl groups is 1. The van der Waals surface area contributed by atoms with Crippen LogP contribution in [0.25, 0.3) is 0 Å². The second-order valence-electron chi connectivity index (χ2n) is 5.23. The highest BCUT2D eigenvalue weighted by Crippen LogP contribution is 2.31. The molecule has 2 N–H and O–H groups in total. The fourth-order valence-corrected chi connectivity index (χ4v) is 2.29. The first-order chi connectivity index (χ1) is 13.4. The number of rotatable bonds is 3. The van der Waals surface area contributed by atoms with Crippen LogP contribution in [-0.2, 0) is 9.47 Å². The average Bonchev–Trinajstić information content (AvgIpc) is 2.72. The molecule has 1 aromatic heterocycles. The molecule has 1 aromatic carbocycles. The van der Waals surface area contributed by atoms with Crippen molar-refractivity contribution < 1.29 is 33.8 Å². The van der Waals surface area contributed by atoms with Crippen molar-refractivity contribution in [2.75, 3.05) is 32.7 Å². The van der Waals surface area contributed by atoms with E-state index in [0.717, 1.165) is 31.6 Å². The van der Waals surface area contributed by atoms with E-state index in [1.165, 1.54) is 7.11 Å². The van der Waals surface area contributed by atoms with Crippen LogP contribution in [0.1, 0.15) is 20.7 Å². The number of nitrogens with zero attached hydrogens (tertiary/aromatic N) is 2. The molecular formula is C17H17N3O8. The van der Waals surface area contributed by atoms with Crippen molar-refractivity contribution in [3.63, 3.8) is 0 Å². The Morgan fingerprint density at radius 1 is 1.21 bits per heavy atom. The second kappa shape index (κ2) is 9.16. The zero-order valence-electron chi connectivity index (χ0n) is 15.0. The van der Waals surface area contributed by atoms with Crippen LogP contribution in [0.3, 0.4) is 0 Å². The topological polar surface area (TPSA) is 150 Å². The summed E-state index contributed by atoms with van der Waals surface area (Å²) in [4.78, 5) is 35.1. The van der Waals surface area contributed by atoms with E-state index in [-0.39, 0.29) is 11.5 Å². The molecule has 0 aliphatic carbocycles. The Bertz CT molecular complexity index is 900. The maximum Gasteiger partial charge on any atom is 0.406 e. The van der Waals surface area contributed by atoms with Crippen LogP contribution in [0.5, 0.6) is 11.5 Å². The number of pyridine rings is 1. The number of nitro groups is 1. The molecular weight excluding hydrogens is 374 g/mol. The molecule has 0 atom stereocenters. The van der Waals surface area contributed by atoms with Gasteiger partial charge in [0.25, 0.3) is 0 Å². The summed E-state index contributed by atoms with van der Waals surface area (Å²) in [5, 5.41) is 22.7. The zero-order valence-corrected chi connectivity index (χ0v) is 15.0. The van der Waals surface area contributed by atoms with E-state index in [2.05, 4.69) is 19.8 Å². The molecule has 0 amide bonds. The molecule has 3 rings (SSSR count). The molecule has 148 valence electrons. The van der Waals surface area contributed by atoms with Crippen molar-refractivity contribution in [2.24, 2.45) is 0 Å². The van der Waals surface area contributed by atoms with Crippen molar-refractivity contribution in [1.82, 2.24) is 4.98 Å². The molecule has 0 fully saturated rings. The van der Waals surface area contributed by atoms with Crippen LogP contribution in [0.15, 0.2) is 30.5 Å². The van der Waals surface area contributed by atoms with Crippen LogP contribution < -0.4 is 10.1 Å². The highest BCUT2D eigenvalue weighted by Gasteiger charge is 2.23. The van der Waals surface area contributed by atoms with Gasteiger partial charge in [-0.3, -0.25) is 0 Å². The number of fused-ring (bicyclic) bond motifs is 1. The summed E-state index contributed by atoms with van der Waals surface area (Å²) in [6.07, 6.45) is 1.05. The summed E-state index contributed by atoms with van der Waals surface area (Å²) >= 11 is 0. The normalized spacial score (nSPS) is 11.5. The number of para-hydroxylation sites is 1. The van der Waals surface area contributed by atoms with E-state index in [0.29, 0.717) is 17.9 Å². The van der Waals surface area contributed by atoms with Gasteiger partial charge in [-0.15, -0.1) is 0 Å². The fourth-order valence-electron chi connectivity index (χ4n) is 2.29.